The number of aromatic nitrogens is 2. The van der Waals surface area contributed by atoms with Crippen LogP contribution in [0.5, 0.6) is 0 Å². The Hall–Kier alpha value is -5.74. The van der Waals surface area contributed by atoms with Gasteiger partial charge in [-0.1, -0.05) is 91.0 Å². The summed E-state index contributed by atoms with van der Waals surface area (Å²) in [6.07, 6.45) is 0. The summed E-state index contributed by atoms with van der Waals surface area (Å²) < 4.78 is 0. The fourth-order valence-electron chi connectivity index (χ4n) is 5.39. The van der Waals surface area contributed by atoms with Crippen LogP contribution in [-0.4, -0.2) is 9.97 Å². The van der Waals surface area contributed by atoms with Gasteiger partial charge >= 0.3 is 0 Å². The van der Waals surface area contributed by atoms with Gasteiger partial charge in [-0.2, -0.15) is 0 Å². The number of para-hydroxylation sites is 3. The van der Waals surface area contributed by atoms with Crippen LogP contribution < -0.4 is 10.2 Å². The van der Waals surface area contributed by atoms with E-state index in [2.05, 4.69) is 120 Å². The van der Waals surface area contributed by atoms with Gasteiger partial charge in [0.15, 0.2) is 0 Å². The molecule has 43 heavy (non-hydrogen) atoms. The molecule has 0 saturated carbocycles. The molecule has 0 aliphatic carbocycles. The quantitative estimate of drug-likeness (QED) is 0.213. The van der Waals surface area contributed by atoms with Crippen molar-refractivity contribution < 1.29 is 0 Å². The Morgan fingerprint density at radius 3 is 1.63 bits per heavy atom. The van der Waals surface area contributed by atoms with Crippen molar-refractivity contribution in [1.29, 1.82) is 0 Å². The first kappa shape index (κ1) is 26.2. The Balaban J connectivity index is 1.28. The smallest absolute Gasteiger partial charge is 0.0973 e. The highest BCUT2D eigenvalue weighted by Crippen LogP contribution is 2.38. The summed E-state index contributed by atoms with van der Waals surface area (Å²) >= 11 is 0. The molecule has 0 aliphatic rings. The molecule has 0 bridgehead atoms. The van der Waals surface area contributed by atoms with E-state index in [9.17, 15) is 0 Å². The topological polar surface area (TPSA) is 41.1 Å². The number of aryl methyl sites for hydroxylation is 1. The number of hydrogen-bond acceptors (Lipinski definition) is 4. The summed E-state index contributed by atoms with van der Waals surface area (Å²) in [5, 5.41) is 3.48. The highest BCUT2D eigenvalue weighted by atomic mass is 15.1. The molecule has 0 spiro atoms. The number of nitrogens with one attached hydrogen (secondary N) is 1. The largest absolute Gasteiger partial charge is 0.356 e. The summed E-state index contributed by atoms with van der Waals surface area (Å²) in [6.45, 7) is 2.09. The fourth-order valence-corrected chi connectivity index (χ4v) is 5.39. The summed E-state index contributed by atoms with van der Waals surface area (Å²) in [7, 11) is 0. The summed E-state index contributed by atoms with van der Waals surface area (Å²) in [5.41, 5.74) is 12.1. The van der Waals surface area contributed by atoms with Crippen molar-refractivity contribution in [1.82, 2.24) is 9.97 Å². The number of anilines is 5. The molecular weight excluding hydrogens is 524 g/mol. The molecule has 0 atom stereocenters. The van der Waals surface area contributed by atoms with Gasteiger partial charge in [-0.15, -0.1) is 0 Å². The van der Waals surface area contributed by atoms with Gasteiger partial charge < -0.3 is 10.2 Å². The highest BCUT2D eigenvalue weighted by Gasteiger charge is 2.16. The molecular formula is C39H30N4. The highest BCUT2D eigenvalue weighted by molar-refractivity contribution is 5.88. The van der Waals surface area contributed by atoms with Gasteiger partial charge in [0.25, 0.3) is 0 Å². The molecule has 0 amide bonds. The van der Waals surface area contributed by atoms with E-state index in [4.69, 9.17) is 9.97 Å². The van der Waals surface area contributed by atoms with E-state index < -0.39 is 0 Å². The number of benzene rings is 6. The number of nitrogens with zero attached hydrogens (tertiary/aromatic N) is 3. The minimum atomic E-state index is 0.877. The van der Waals surface area contributed by atoms with Crippen molar-refractivity contribution >= 4 is 39.5 Å². The SMILES string of the molecule is Cc1cccc2nc(-c3ccccc3)c(-c3ccc(N(c4ccccc4)c4ccc(Nc5ccccc5)cc4)cc3)nc12. The molecule has 0 aliphatic heterocycles. The third-order valence-corrected chi connectivity index (χ3v) is 7.55. The molecule has 0 fully saturated rings. The predicted molar refractivity (Wildman–Crippen MR) is 180 cm³/mol. The first-order valence-corrected chi connectivity index (χ1v) is 14.4. The van der Waals surface area contributed by atoms with Gasteiger partial charge in [-0.3, -0.25) is 0 Å². The second-order valence-corrected chi connectivity index (χ2v) is 10.5. The fraction of sp³-hybridized carbons (Fsp3) is 0.0256. The lowest BCUT2D eigenvalue weighted by Gasteiger charge is -2.26. The lowest BCUT2D eigenvalue weighted by Crippen LogP contribution is -2.09. The van der Waals surface area contributed by atoms with Gasteiger partial charge in [0.1, 0.15) is 0 Å². The van der Waals surface area contributed by atoms with Crippen molar-refractivity contribution in [3.05, 3.63) is 163 Å². The van der Waals surface area contributed by atoms with Crippen LogP contribution in [0.15, 0.2) is 158 Å². The van der Waals surface area contributed by atoms with Crippen molar-refractivity contribution in [3.8, 4) is 22.5 Å². The third-order valence-electron chi connectivity index (χ3n) is 7.55. The van der Waals surface area contributed by atoms with Crippen LogP contribution in [0, 0.1) is 6.92 Å². The van der Waals surface area contributed by atoms with Crippen molar-refractivity contribution in [2.75, 3.05) is 10.2 Å². The standard InChI is InChI=1S/C39H30N4/c1-28-12-11-19-36-37(28)42-39(38(41-36)29-13-5-2-6-14-29)30-20-24-34(25-21-30)43(33-17-9-4-10-18-33)35-26-22-32(23-27-35)40-31-15-7-3-8-16-31/h2-27,40H,1H3. The van der Waals surface area contributed by atoms with E-state index in [-0.39, 0.29) is 0 Å². The summed E-state index contributed by atoms with van der Waals surface area (Å²) in [4.78, 5) is 12.5. The second-order valence-electron chi connectivity index (χ2n) is 10.5. The summed E-state index contributed by atoms with van der Waals surface area (Å²) in [6, 6.07) is 54.3. The Labute approximate surface area is 252 Å². The molecule has 0 radical (unpaired) electrons. The Morgan fingerprint density at radius 1 is 0.442 bits per heavy atom. The maximum absolute atomic E-state index is 5.17. The zero-order chi connectivity index (χ0) is 29.0. The molecule has 1 heterocycles. The molecule has 4 heteroatoms. The third kappa shape index (κ3) is 5.46. The number of hydrogen-bond donors (Lipinski definition) is 1. The number of rotatable bonds is 7. The molecule has 6 aromatic carbocycles. The minimum absolute atomic E-state index is 0.877. The molecule has 7 aromatic rings. The normalized spacial score (nSPS) is 10.9. The van der Waals surface area contributed by atoms with E-state index in [0.29, 0.717) is 0 Å². The minimum Gasteiger partial charge on any atom is -0.356 e. The van der Waals surface area contributed by atoms with Crippen molar-refractivity contribution in [3.63, 3.8) is 0 Å². The van der Waals surface area contributed by atoms with E-state index in [1.165, 1.54) is 0 Å². The molecule has 7 rings (SSSR count). The van der Waals surface area contributed by atoms with Gasteiger partial charge in [0.2, 0.25) is 0 Å². The average Bonchev–Trinajstić information content (AvgIpc) is 3.07. The first-order valence-electron chi connectivity index (χ1n) is 14.4. The van der Waals surface area contributed by atoms with Gasteiger partial charge in [-0.25, -0.2) is 9.97 Å². The van der Waals surface area contributed by atoms with Crippen LogP contribution in [0.4, 0.5) is 28.4 Å². The lowest BCUT2D eigenvalue weighted by atomic mass is 10.0. The molecule has 206 valence electrons. The van der Waals surface area contributed by atoms with Crippen LogP contribution in [0.25, 0.3) is 33.5 Å². The molecule has 1 N–H and O–H groups in total. The maximum Gasteiger partial charge on any atom is 0.0973 e. The Morgan fingerprint density at radius 2 is 0.953 bits per heavy atom. The van der Waals surface area contributed by atoms with E-state index in [1.807, 2.05) is 54.6 Å². The zero-order valence-corrected chi connectivity index (χ0v) is 23.9. The Kier molecular flexibility index (Phi) is 7.08. The monoisotopic (exact) mass is 554 g/mol. The van der Waals surface area contributed by atoms with Gasteiger partial charge in [0, 0.05) is 39.6 Å². The van der Waals surface area contributed by atoms with Crippen LogP contribution >= 0.6 is 0 Å². The van der Waals surface area contributed by atoms with Crippen LogP contribution in [0.1, 0.15) is 5.56 Å². The molecule has 1 aromatic heterocycles. The van der Waals surface area contributed by atoms with E-state index in [1.54, 1.807) is 0 Å². The van der Waals surface area contributed by atoms with Crippen molar-refractivity contribution in [2.24, 2.45) is 0 Å². The maximum atomic E-state index is 5.17. The van der Waals surface area contributed by atoms with Gasteiger partial charge in [0.05, 0.1) is 22.4 Å². The first-order chi connectivity index (χ1) is 21.2. The van der Waals surface area contributed by atoms with Crippen LogP contribution in [0.2, 0.25) is 0 Å². The number of fused-ring (bicyclic) bond motifs is 1. The molecule has 4 nitrogen and oxygen atoms in total. The summed E-state index contributed by atoms with van der Waals surface area (Å²) in [5.74, 6) is 0. The predicted octanol–water partition coefficient (Wildman–Crippen LogP) is 10.5. The van der Waals surface area contributed by atoms with Crippen LogP contribution in [-0.2, 0) is 0 Å². The molecule has 0 unspecified atom stereocenters. The van der Waals surface area contributed by atoms with E-state index in [0.717, 1.165) is 67.5 Å². The molecule has 0 saturated heterocycles. The van der Waals surface area contributed by atoms with Crippen LogP contribution in [0.3, 0.4) is 0 Å². The van der Waals surface area contributed by atoms with Crippen molar-refractivity contribution in [2.45, 2.75) is 6.92 Å². The Bertz CT molecular complexity index is 1970. The van der Waals surface area contributed by atoms with Gasteiger partial charge in [-0.05, 0) is 79.2 Å². The lowest BCUT2D eigenvalue weighted by molar-refractivity contribution is 1.26. The second kappa shape index (κ2) is 11.6. The zero-order valence-electron chi connectivity index (χ0n) is 23.9. The average molecular weight is 555 g/mol. The van der Waals surface area contributed by atoms with E-state index >= 15 is 0 Å².